The van der Waals surface area contributed by atoms with Gasteiger partial charge in [-0.25, -0.2) is 9.37 Å². The number of carbonyl (C=O) groups is 1. The van der Waals surface area contributed by atoms with Gasteiger partial charge in [-0.15, -0.1) is 0 Å². The topological polar surface area (TPSA) is 60.5 Å². The van der Waals surface area contributed by atoms with Gasteiger partial charge >= 0.3 is 0 Å². The molecule has 1 aromatic heterocycles. The molecule has 122 valence electrons. The van der Waals surface area contributed by atoms with Crippen molar-refractivity contribution in [3.05, 3.63) is 58.6 Å². The molecule has 1 aromatic carbocycles. The summed E-state index contributed by atoms with van der Waals surface area (Å²) in [5.74, 6) is -0.837. The van der Waals surface area contributed by atoms with Gasteiger partial charge in [-0.2, -0.15) is 0 Å². The second-order valence-electron chi connectivity index (χ2n) is 4.65. The molecule has 0 fully saturated rings. The van der Waals surface area contributed by atoms with Crippen LogP contribution in [0.1, 0.15) is 15.9 Å². The van der Waals surface area contributed by atoms with Gasteiger partial charge in [0.2, 0.25) is 0 Å². The Balaban J connectivity index is 2.07. The molecule has 0 saturated carbocycles. The molecule has 2 rings (SSSR count). The molecule has 7 heteroatoms. The predicted octanol–water partition coefficient (Wildman–Crippen LogP) is 3.29. The monoisotopic (exact) mass is 338 g/mol. The van der Waals surface area contributed by atoms with Crippen LogP contribution in [0, 0.1) is 5.82 Å². The van der Waals surface area contributed by atoms with Gasteiger partial charge in [0, 0.05) is 24.4 Å². The SMILES string of the molecule is COCCOCc1cc(C(=O)Nc2cccnc2Cl)ccc1F. The minimum absolute atomic E-state index is 0.0595. The van der Waals surface area contributed by atoms with Crippen molar-refractivity contribution in [1.29, 1.82) is 0 Å². The van der Waals surface area contributed by atoms with Gasteiger partial charge < -0.3 is 14.8 Å². The smallest absolute Gasteiger partial charge is 0.255 e. The first-order chi connectivity index (χ1) is 11.1. The summed E-state index contributed by atoms with van der Waals surface area (Å²) in [4.78, 5) is 16.1. The molecule has 1 heterocycles. The van der Waals surface area contributed by atoms with Gasteiger partial charge in [0.1, 0.15) is 5.82 Å². The van der Waals surface area contributed by atoms with Crippen molar-refractivity contribution >= 4 is 23.2 Å². The Morgan fingerprint density at radius 2 is 2.17 bits per heavy atom. The number of hydrogen-bond acceptors (Lipinski definition) is 4. The summed E-state index contributed by atoms with van der Waals surface area (Å²) < 4.78 is 23.9. The quantitative estimate of drug-likeness (QED) is 0.621. The second kappa shape index (κ2) is 8.57. The first-order valence-corrected chi connectivity index (χ1v) is 7.26. The lowest BCUT2D eigenvalue weighted by atomic mass is 10.1. The maximum Gasteiger partial charge on any atom is 0.255 e. The highest BCUT2D eigenvalue weighted by atomic mass is 35.5. The fraction of sp³-hybridized carbons (Fsp3) is 0.250. The van der Waals surface area contributed by atoms with E-state index in [1.165, 1.54) is 24.4 Å². The van der Waals surface area contributed by atoms with Gasteiger partial charge in [0.25, 0.3) is 5.91 Å². The summed E-state index contributed by atoms with van der Waals surface area (Å²) >= 11 is 5.89. The number of amides is 1. The van der Waals surface area contributed by atoms with Gasteiger partial charge in [0.05, 0.1) is 25.5 Å². The first-order valence-electron chi connectivity index (χ1n) is 6.89. The van der Waals surface area contributed by atoms with Crippen LogP contribution in [0.15, 0.2) is 36.5 Å². The number of anilines is 1. The largest absolute Gasteiger partial charge is 0.382 e. The van der Waals surface area contributed by atoms with Crippen molar-refractivity contribution in [1.82, 2.24) is 4.98 Å². The van der Waals surface area contributed by atoms with Crippen LogP contribution < -0.4 is 5.32 Å². The van der Waals surface area contributed by atoms with E-state index in [0.29, 0.717) is 30.0 Å². The average molecular weight is 339 g/mol. The van der Waals surface area contributed by atoms with Gasteiger partial charge in [-0.05, 0) is 30.3 Å². The fourth-order valence-electron chi connectivity index (χ4n) is 1.82. The van der Waals surface area contributed by atoms with Crippen molar-refractivity contribution < 1.29 is 18.7 Å². The molecular formula is C16H16ClFN2O3. The van der Waals surface area contributed by atoms with Crippen LogP contribution in [-0.2, 0) is 16.1 Å². The maximum atomic E-state index is 13.8. The molecule has 2 aromatic rings. The maximum absolute atomic E-state index is 13.8. The molecule has 0 spiro atoms. The number of aromatic nitrogens is 1. The number of nitrogens with one attached hydrogen (secondary N) is 1. The van der Waals surface area contributed by atoms with E-state index < -0.39 is 11.7 Å². The average Bonchev–Trinajstić information content (AvgIpc) is 2.55. The number of pyridine rings is 1. The van der Waals surface area contributed by atoms with Crippen molar-refractivity contribution in [2.75, 3.05) is 25.6 Å². The highest BCUT2D eigenvalue weighted by Crippen LogP contribution is 2.19. The summed E-state index contributed by atoms with van der Waals surface area (Å²) in [6.07, 6.45) is 1.52. The minimum Gasteiger partial charge on any atom is -0.382 e. The summed E-state index contributed by atoms with van der Waals surface area (Å²) in [5.41, 5.74) is 0.990. The lowest BCUT2D eigenvalue weighted by molar-refractivity contribution is 0.0604. The van der Waals surface area contributed by atoms with E-state index in [9.17, 15) is 9.18 Å². The normalized spacial score (nSPS) is 10.6. The molecule has 0 aliphatic heterocycles. The molecule has 0 radical (unpaired) electrons. The van der Waals surface area contributed by atoms with E-state index in [1.54, 1.807) is 19.2 Å². The van der Waals surface area contributed by atoms with E-state index in [1.807, 2.05) is 0 Å². The van der Waals surface area contributed by atoms with E-state index in [-0.39, 0.29) is 11.8 Å². The first kappa shape index (κ1) is 17.3. The number of hydrogen-bond donors (Lipinski definition) is 1. The lowest BCUT2D eigenvalue weighted by Gasteiger charge is -2.09. The van der Waals surface area contributed by atoms with E-state index in [0.717, 1.165) is 0 Å². The van der Waals surface area contributed by atoms with Gasteiger partial charge in [-0.3, -0.25) is 4.79 Å². The standard InChI is InChI=1S/C16H16ClFN2O3/c1-22-7-8-23-10-12-9-11(4-5-13(12)18)16(21)20-14-3-2-6-19-15(14)17/h2-6,9H,7-8,10H2,1H3,(H,20,21). The summed E-state index contributed by atoms with van der Waals surface area (Å²) in [7, 11) is 1.55. The van der Waals surface area contributed by atoms with Crippen LogP contribution in [0.25, 0.3) is 0 Å². The van der Waals surface area contributed by atoms with E-state index in [4.69, 9.17) is 21.1 Å². The zero-order valence-corrected chi connectivity index (χ0v) is 13.3. The van der Waals surface area contributed by atoms with E-state index >= 15 is 0 Å². The number of benzene rings is 1. The van der Waals surface area contributed by atoms with Crippen molar-refractivity contribution in [3.8, 4) is 0 Å². The minimum atomic E-state index is -0.432. The number of nitrogens with zero attached hydrogens (tertiary/aromatic N) is 1. The van der Waals surface area contributed by atoms with E-state index in [2.05, 4.69) is 10.3 Å². The second-order valence-corrected chi connectivity index (χ2v) is 5.01. The third kappa shape index (κ3) is 4.99. The van der Waals surface area contributed by atoms with Crippen LogP contribution in [0.3, 0.4) is 0 Å². The van der Waals surface area contributed by atoms with Crippen LogP contribution in [0.5, 0.6) is 0 Å². The molecule has 1 N–H and O–H groups in total. The third-order valence-electron chi connectivity index (χ3n) is 3.00. The number of carbonyl (C=O) groups excluding carboxylic acids is 1. The Labute approximate surface area is 138 Å². The molecule has 0 atom stereocenters. The molecule has 0 aliphatic carbocycles. The lowest BCUT2D eigenvalue weighted by Crippen LogP contribution is -2.13. The van der Waals surface area contributed by atoms with Gasteiger partial charge in [-0.1, -0.05) is 11.6 Å². The molecule has 5 nitrogen and oxygen atoms in total. The fourth-order valence-corrected chi connectivity index (χ4v) is 1.99. The van der Waals surface area contributed by atoms with Crippen molar-refractivity contribution in [2.45, 2.75) is 6.61 Å². The van der Waals surface area contributed by atoms with Crippen LogP contribution >= 0.6 is 11.6 Å². The molecule has 0 bridgehead atoms. The molecule has 0 saturated heterocycles. The zero-order valence-electron chi connectivity index (χ0n) is 12.5. The molecule has 0 unspecified atom stereocenters. The van der Waals surface area contributed by atoms with Gasteiger partial charge in [0.15, 0.2) is 5.15 Å². The Morgan fingerprint density at radius 1 is 1.35 bits per heavy atom. The third-order valence-corrected chi connectivity index (χ3v) is 3.31. The van der Waals surface area contributed by atoms with Crippen LogP contribution in [0.4, 0.5) is 10.1 Å². The molecular weight excluding hydrogens is 323 g/mol. The number of halogens is 2. The summed E-state index contributed by atoms with van der Waals surface area (Å²) in [6.45, 7) is 0.822. The Morgan fingerprint density at radius 3 is 2.91 bits per heavy atom. The highest BCUT2D eigenvalue weighted by molar-refractivity contribution is 6.32. The highest BCUT2D eigenvalue weighted by Gasteiger charge is 2.12. The van der Waals surface area contributed by atoms with Crippen molar-refractivity contribution in [3.63, 3.8) is 0 Å². The molecule has 0 aliphatic rings. The Bertz CT molecular complexity index is 682. The van der Waals surface area contributed by atoms with Crippen LogP contribution in [-0.4, -0.2) is 31.2 Å². The predicted molar refractivity (Wildman–Crippen MR) is 85.1 cm³/mol. The molecule has 23 heavy (non-hydrogen) atoms. The summed E-state index contributed by atoms with van der Waals surface area (Å²) in [5, 5.41) is 2.82. The number of methoxy groups -OCH3 is 1. The zero-order chi connectivity index (χ0) is 16.7. The summed E-state index contributed by atoms with van der Waals surface area (Å²) in [6, 6.07) is 7.36. The Hall–Kier alpha value is -2.02. The van der Waals surface area contributed by atoms with Crippen molar-refractivity contribution in [2.24, 2.45) is 0 Å². The molecule has 1 amide bonds. The number of ether oxygens (including phenoxy) is 2. The number of rotatable bonds is 7. The van der Waals surface area contributed by atoms with Crippen LogP contribution in [0.2, 0.25) is 5.15 Å². The Kier molecular flexibility index (Phi) is 6.46.